The molecule has 0 unspecified atom stereocenters. The second kappa shape index (κ2) is 6.68. The largest absolute Gasteiger partial charge is 0.496 e. The van der Waals surface area contributed by atoms with Crippen LogP contribution in [0.5, 0.6) is 5.75 Å². The van der Waals surface area contributed by atoms with Gasteiger partial charge in [-0.05, 0) is 17.0 Å². The zero-order valence-corrected chi connectivity index (χ0v) is 11.3. The number of fused-ring (bicyclic) bond motifs is 1. The smallest absolute Gasteiger partial charge is 0.240 e. The monoisotopic (exact) mass is 287 g/mol. The van der Waals surface area contributed by atoms with E-state index in [1.165, 1.54) is 0 Å². The van der Waals surface area contributed by atoms with Crippen molar-refractivity contribution in [3.8, 4) is 5.75 Å². The van der Waals surface area contributed by atoms with E-state index in [1.807, 2.05) is 24.3 Å². The van der Waals surface area contributed by atoms with E-state index in [-0.39, 0.29) is 18.8 Å². The average Bonchev–Trinajstić information content (AvgIpc) is 2.36. The summed E-state index contributed by atoms with van der Waals surface area (Å²) in [5, 5.41) is 1.76. The fourth-order valence-electron chi connectivity index (χ4n) is 2.11. The Morgan fingerprint density at radius 2 is 1.74 bits per heavy atom. The van der Waals surface area contributed by atoms with Gasteiger partial charge in [0.1, 0.15) is 5.75 Å². The molecule has 0 amide bonds. The van der Waals surface area contributed by atoms with Crippen molar-refractivity contribution in [2.24, 2.45) is 5.73 Å². The molecule has 0 aliphatic heterocycles. The van der Waals surface area contributed by atoms with E-state index in [9.17, 15) is 8.78 Å². The van der Waals surface area contributed by atoms with Gasteiger partial charge in [-0.2, -0.15) is 0 Å². The minimum atomic E-state index is -2.40. The molecule has 0 bridgehead atoms. The topological polar surface area (TPSA) is 35.2 Å². The Hall–Kier alpha value is -1.39. The van der Waals surface area contributed by atoms with Crippen molar-refractivity contribution in [2.45, 2.75) is 18.9 Å². The first-order chi connectivity index (χ1) is 8.63. The van der Waals surface area contributed by atoms with Crippen LogP contribution < -0.4 is 10.5 Å². The molecule has 0 spiro atoms. The Balaban J connectivity index is 0.00000180. The van der Waals surface area contributed by atoms with Crippen LogP contribution in [-0.2, 0) is 0 Å². The highest BCUT2D eigenvalue weighted by molar-refractivity contribution is 5.91. The summed E-state index contributed by atoms with van der Waals surface area (Å²) in [6, 6.07) is 10.4. The average molecular weight is 288 g/mol. The van der Waals surface area contributed by atoms with Crippen LogP contribution >= 0.6 is 12.4 Å². The van der Waals surface area contributed by atoms with Crippen molar-refractivity contribution in [2.75, 3.05) is 7.11 Å². The molecule has 5 heteroatoms. The summed E-state index contributed by atoms with van der Waals surface area (Å²) in [7, 11) is 1.58. The summed E-state index contributed by atoms with van der Waals surface area (Å²) in [5.74, 6) is 0.721. The number of hydrogen-bond acceptors (Lipinski definition) is 2. The van der Waals surface area contributed by atoms with Gasteiger partial charge in [-0.1, -0.05) is 30.3 Å². The van der Waals surface area contributed by atoms with E-state index >= 15 is 0 Å². The first-order valence-corrected chi connectivity index (χ1v) is 5.73. The third kappa shape index (κ3) is 3.33. The molecule has 104 valence electrons. The molecule has 0 fully saturated rings. The van der Waals surface area contributed by atoms with Crippen LogP contribution in [0.1, 0.15) is 18.0 Å². The van der Waals surface area contributed by atoms with Gasteiger partial charge in [-0.25, -0.2) is 8.78 Å². The van der Waals surface area contributed by atoms with E-state index in [4.69, 9.17) is 10.5 Å². The van der Waals surface area contributed by atoms with Crippen LogP contribution in [0.15, 0.2) is 36.4 Å². The lowest BCUT2D eigenvalue weighted by atomic mass is 9.97. The van der Waals surface area contributed by atoms with E-state index in [2.05, 4.69) is 0 Å². The molecule has 2 aromatic carbocycles. The molecule has 2 aromatic rings. The second-order valence-electron chi connectivity index (χ2n) is 4.14. The summed E-state index contributed by atoms with van der Waals surface area (Å²) < 4.78 is 30.1. The zero-order chi connectivity index (χ0) is 13.1. The van der Waals surface area contributed by atoms with E-state index in [1.54, 1.807) is 19.2 Å². The van der Waals surface area contributed by atoms with Crippen molar-refractivity contribution >= 4 is 23.2 Å². The van der Waals surface area contributed by atoms with Crippen molar-refractivity contribution in [3.05, 3.63) is 42.0 Å². The normalized spacial score (nSPS) is 12.3. The molecule has 19 heavy (non-hydrogen) atoms. The molecule has 0 aromatic heterocycles. The van der Waals surface area contributed by atoms with Crippen molar-refractivity contribution < 1.29 is 13.5 Å². The number of nitrogens with two attached hydrogens (primary N) is 1. The molecule has 0 radical (unpaired) electrons. The minimum Gasteiger partial charge on any atom is -0.496 e. The number of methoxy groups -OCH3 is 1. The third-order valence-corrected chi connectivity index (χ3v) is 2.97. The van der Waals surface area contributed by atoms with Crippen LogP contribution in [0.2, 0.25) is 0 Å². The maximum atomic E-state index is 12.4. The number of hydrogen-bond donors (Lipinski definition) is 1. The van der Waals surface area contributed by atoms with Crippen molar-refractivity contribution in [1.82, 2.24) is 0 Å². The summed E-state index contributed by atoms with van der Waals surface area (Å²) in [5.41, 5.74) is 6.56. The Labute approximate surface area is 117 Å². The first-order valence-electron chi connectivity index (χ1n) is 5.73. The second-order valence-corrected chi connectivity index (χ2v) is 4.14. The van der Waals surface area contributed by atoms with Gasteiger partial charge in [0.25, 0.3) is 0 Å². The highest BCUT2D eigenvalue weighted by atomic mass is 35.5. The molecular formula is C14H16ClF2NO. The van der Waals surface area contributed by atoms with Gasteiger partial charge >= 0.3 is 0 Å². The maximum Gasteiger partial charge on any atom is 0.240 e. The van der Waals surface area contributed by atoms with Crippen LogP contribution in [0, 0.1) is 0 Å². The predicted molar refractivity (Wildman–Crippen MR) is 75.3 cm³/mol. The van der Waals surface area contributed by atoms with Crippen LogP contribution in [0.4, 0.5) is 8.78 Å². The molecule has 1 atom stereocenters. The predicted octanol–water partition coefficient (Wildman–Crippen LogP) is 3.93. The number of benzene rings is 2. The molecule has 2 nitrogen and oxygen atoms in total. The van der Waals surface area contributed by atoms with Crippen LogP contribution in [-0.4, -0.2) is 13.5 Å². The minimum absolute atomic E-state index is 0. The van der Waals surface area contributed by atoms with Gasteiger partial charge in [0, 0.05) is 17.8 Å². The molecule has 0 aliphatic carbocycles. The molecule has 0 saturated carbocycles. The number of ether oxygens (including phenoxy) is 1. The lowest BCUT2D eigenvalue weighted by Crippen LogP contribution is -2.14. The van der Waals surface area contributed by atoms with Gasteiger partial charge in [0.2, 0.25) is 6.43 Å². The van der Waals surface area contributed by atoms with Crippen LogP contribution in [0.3, 0.4) is 0 Å². The van der Waals surface area contributed by atoms with E-state index in [0.29, 0.717) is 0 Å². The van der Waals surface area contributed by atoms with Crippen LogP contribution in [0.25, 0.3) is 10.8 Å². The van der Waals surface area contributed by atoms with Gasteiger partial charge < -0.3 is 10.5 Å². The lowest BCUT2D eigenvalue weighted by molar-refractivity contribution is 0.128. The number of halogens is 3. The fourth-order valence-corrected chi connectivity index (χ4v) is 2.11. The van der Waals surface area contributed by atoms with E-state index < -0.39 is 12.5 Å². The highest BCUT2D eigenvalue weighted by Gasteiger charge is 2.16. The number of rotatable bonds is 4. The molecular weight excluding hydrogens is 272 g/mol. The Morgan fingerprint density at radius 1 is 1.11 bits per heavy atom. The zero-order valence-electron chi connectivity index (χ0n) is 10.5. The summed E-state index contributed by atoms with van der Waals surface area (Å²) >= 11 is 0. The summed E-state index contributed by atoms with van der Waals surface area (Å²) in [6.45, 7) is 0. The SMILES string of the molecule is COc1ccc([C@@H](N)CC(F)F)c2ccccc12.Cl. The molecule has 2 N–H and O–H groups in total. The Morgan fingerprint density at radius 3 is 2.32 bits per heavy atom. The van der Waals surface area contributed by atoms with Crippen molar-refractivity contribution in [1.29, 1.82) is 0 Å². The fraction of sp³-hybridized carbons (Fsp3) is 0.286. The van der Waals surface area contributed by atoms with Gasteiger partial charge in [-0.15, -0.1) is 12.4 Å². The standard InChI is InChI=1S/C14H15F2NO.ClH/c1-18-13-7-6-10(12(17)8-14(15)16)9-4-2-3-5-11(9)13;/h2-7,12,14H,8,17H2,1H3;1H/t12-;/m0./s1. The summed E-state index contributed by atoms with van der Waals surface area (Å²) in [4.78, 5) is 0. The Kier molecular flexibility index (Phi) is 5.51. The summed E-state index contributed by atoms with van der Waals surface area (Å²) in [6.07, 6.45) is -2.74. The van der Waals surface area contributed by atoms with Gasteiger partial charge in [-0.3, -0.25) is 0 Å². The van der Waals surface area contributed by atoms with Gasteiger partial charge in [0.15, 0.2) is 0 Å². The molecule has 2 rings (SSSR count). The quantitative estimate of drug-likeness (QED) is 0.925. The van der Waals surface area contributed by atoms with Crippen molar-refractivity contribution in [3.63, 3.8) is 0 Å². The third-order valence-electron chi connectivity index (χ3n) is 2.97. The number of alkyl halides is 2. The lowest BCUT2D eigenvalue weighted by Gasteiger charge is -2.16. The molecule has 0 saturated heterocycles. The maximum absolute atomic E-state index is 12.4. The Bertz CT molecular complexity index is 548. The molecule has 0 heterocycles. The first kappa shape index (κ1) is 15.7. The molecule has 0 aliphatic rings. The van der Waals surface area contributed by atoms with Gasteiger partial charge in [0.05, 0.1) is 7.11 Å². The van der Waals surface area contributed by atoms with E-state index in [0.717, 1.165) is 22.1 Å². The highest BCUT2D eigenvalue weighted by Crippen LogP contribution is 2.32.